The maximum absolute atomic E-state index is 13.2. The molecule has 2 aromatic carbocycles. The second kappa shape index (κ2) is 8.03. The number of hydrogen-bond donors (Lipinski definition) is 0. The number of amides is 1. The summed E-state index contributed by atoms with van der Waals surface area (Å²) in [5.41, 5.74) is 6.42. The second-order valence-electron chi connectivity index (χ2n) is 8.60. The molecule has 3 nitrogen and oxygen atoms in total. The van der Waals surface area contributed by atoms with Gasteiger partial charge < -0.3 is 4.74 Å². The Kier molecular flexibility index (Phi) is 5.09. The van der Waals surface area contributed by atoms with E-state index in [-0.39, 0.29) is 24.1 Å². The van der Waals surface area contributed by atoms with Gasteiger partial charge in [-0.05, 0) is 54.4 Å². The standard InChI is InChI=1S/C27H27NO2/c1-2-3-9-19-16-20-10-8-11-21(17-19)28(20)27(29)30-18-26-24-14-6-4-12-22(24)23-13-5-7-15-25(23)26/h1,4-7,12-16,20-21,26H,3,8-11,17-18H2. The summed E-state index contributed by atoms with van der Waals surface area (Å²) in [5.74, 6) is 2.84. The molecule has 1 amide bonds. The van der Waals surface area contributed by atoms with Gasteiger partial charge in [0.25, 0.3) is 0 Å². The topological polar surface area (TPSA) is 29.5 Å². The van der Waals surface area contributed by atoms with E-state index in [9.17, 15) is 4.79 Å². The van der Waals surface area contributed by atoms with E-state index in [2.05, 4.69) is 60.5 Å². The highest BCUT2D eigenvalue weighted by molar-refractivity contribution is 5.79. The van der Waals surface area contributed by atoms with E-state index < -0.39 is 0 Å². The first-order chi connectivity index (χ1) is 14.8. The molecule has 1 saturated heterocycles. The van der Waals surface area contributed by atoms with Crippen molar-refractivity contribution in [2.75, 3.05) is 6.61 Å². The van der Waals surface area contributed by atoms with Crippen molar-refractivity contribution in [1.82, 2.24) is 4.90 Å². The van der Waals surface area contributed by atoms with Gasteiger partial charge in [0.2, 0.25) is 0 Å². The smallest absolute Gasteiger partial charge is 0.410 e. The van der Waals surface area contributed by atoms with E-state index in [0.29, 0.717) is 6.61 Å². The number of hydrogen-bond acceptors (Lipinski definition) is 2. The third-order valence-electron chi connectivity index (χ3n) is 6.85. The van der Waals surface area contributed by atoms with Gasteiger partial charge in [-0.25, -0.2) is 4.79 Å². The molecule has 1 fully saturated rings. The van der Waals surface area contributed by atoms with Gasteiger partial charge in [0, 0.05) is 18.4 Å². The van der Waals surface area contributed by atoms with Crippen LogP contribution in [-0.4, -0.2) is 29.7 Å². The number of terminal acetylenes is 1. The number of benzene rings is 2. The normalized spacial score (nSPS) is 22.0. The molecule has 2 heterocycles. The molecule has 2 aliphatic heterocycles. The molecule has 3 heteroatoms. The minimum atomic E-state index is -0.168. The highest BCUT2D eigenvalue weighted by atomic mass is 16.6. The fraction of sp³-hybridized carbons (Fsp3) is 0.370. The van der Waals surface area contributed by atoms with Crippen LogP contribution in [0.1, 0.15) is 55.6 Å². The number of carbonyl (C=O) groups is 1. The molecule has 0 saturated carbocycles. The van der Waals surface area contributed by atoms with E-state index in [1.165, 1.54) is 34.2 Å². The van der Waals surface area contributed by atoms with E-state index in [1.807, 2.05) is 4.90 Å². The van der Waals surface area contributed by atoms with Crippen molar-refractivity contribution in [3.8, 4) is 23.5 Å². The van der Waals surface area contributed by atoms with E-state index in [0.717, 1.165) is 32.1 Å². The van der Waals surface area contributed by atoms with Gasteiger partial charge in [0.15, 0.2) is 0 Å². The van der Waals surface area contributed by atoms with Crippen LogP contribution >= 0.6 is 0 Å². The van der Waals surface area contributed by atoms with E-state index in [1.54, 1.807) is 0 Å². The van der Waals surface area contributed by atoms with Gasteiger partial charge in [-0.3, -0.25) is 4.90 Å². The van der Waals surface area contributed by atoms with E-state index in [4.69, 9.17) is 11.2 Å². The first-order valence-electron chi connectivity index (χ1n) is 11.0. The lowest BCUT2D eigenvalue weighted by Crippen LogP contribution is -2.52. The maximum Gasteiger partial charge on any atom is 0.410 e. The summed E-state index contributed by atoms with van der Waals surface area (Å²) in [6, 6.07) is 17.3. The Bertz CT molecular complexity index is 986. The Hall–Kier alpha value is -2.99. The fourth-order valence-corrected chi connectivity index (χ4v) is 5.49. The van der Waals surface area contributed by atoms with Crippen LogP contribution < -0.4 is 0 Å². The van der Waals surface area contributed by atoms with Crippen LogP contribution in [0.2, 0.25) is 0 Å². The van der Waals surface area contributed by atoms with Gasteiger partial charge in [-0.2, -0.15) is 0 Å². The molecule has 152 valence electrons. The average molecular weight is 398 g/mol. The maximum atomic E-state index is 13.2. The molecule has 1 aliphatic carbocycles. The lowest BCUT2D eigenvalue weighted by atomic mass is 9.84. The van der Waals surface area contributed by atoms with Crippen LogP contribution in [0.25, 0.3) is 11.1 Å². The predicted octanol–water partition coefficient (Wildman–Crippen LogP) is 5.90. The monoisotopic (exact) mass is 397 g/mol. The minimum absolute atomic E-state index is 0.104. The van der Waals surface area contributed by atoms with Crippen molar-refractivity contribution in [2.24, 2.45) is 0 Å². The molecule has 3 aliphatic rings. The van der Waals surface area contributed by atoms with Crippen LogP contribution in [0.15, 0.2) is 60.2 Å². The van der Waals surface area contributed by atoms with Crippen LogP contribution in [0.4, 0.5) is 4.79 Å². The lowest BCUT2D eigenvalue weighted by Gasteiger charge is -2.44. The minimum Gasteiger partial charge on any atom is -0.448 e. The van der Waals surface area contributed by atoms with Crippen molar-refractivity contribution in [3.05, 3.63) is 71.3 Å². The largest absolute Gasteiger partial charge is 0.448 e. The first-order valence-corrected chi connectivity index (χ1v) is 11.0. The van der Waals surface area contributed by atoms with Gasteiger partial charge in [0.05, 0.1) is 6.04 Å². The summed E-state index contributed by atoms with van der Waals surface area (Å²) in [7, 11) is 0. The number of ether oxygens (including phenoxy) is 1. The Morgan fingerprint density at radius 2 is 1.77 bits per heavy atom. The molecule has 2 atom stereocenters. The predicted molar refractivity (Wildman–Crippen MR) is 119 cm³/mol. The van der Waals surface area contributed by atoms with Gasteiger partial charge in [0.1, 0.15) is 6.61 Å². The quantitative estimate of drug-likeness (QED) is 0.475. The Labute approximate surface area is 178 Å². The summed E-state index contributed by atoms with van der Waals surface area (Å²) in [6.07, 6.45) is 13.4. The van der Waals surface area contributed by atoms with Crippen molar-refractivity contribution < 1.29 is 9.53 Å². The molecular weight excluding hydrogens is 370 g/mol. The van der Waals surface area contributed by atoms with Crippen molar-refractivity contribution >= 4 is 6.09 Å². The fourth-order valence-electron chi connectivity index (χ4n) is 5.49. The highest BCUT2D eigenvalue weighted by Gasteiger charge is 2.38. The summed E-state index contributed by atoms with van der Waals surface area (Å²) in [5, 5.41) is 0. The van der Waals surface area contributed by atoms with Crippen molar-refractivity contribution in [2.45, 2.75) is 56.5 Å². The number of nitrogens with zero attached hydrogens (tertiary/aromatic N) is 1. The Morgan fingerprint density at radius 1 is 1.07 bits per heavy atom. The van der Waals surface area contributed by atoms with Crippen molar-refractivity contribution in [3.63, 3.8) is 0 Å². The van der Waals surface area contributed by atoms with Crippen LogP contribution in [0.5, 0.6) is 0 Å². The summed E-state index contributed by atoms with van der Waals surface area (Å²) in [4.78, 5) is 15.2. The zero-order chi connectivity index (χ0) is 20.5. The number of fused-ring (bicyclic) bond motifs is 5. The van der Waals surface area contributed by atoms with Crippen LogP contribution in [-0.2, 0) is 4.74 Å². The van der Waals surface area contributed by atoms with Crippen LogP contribution in [0.3, 0.4) is 0 Å². The third-order valence-corrected chi connectivity index (χ3v) is 6.85. The molecular formula is C27H27NO2. The average Bonchev–Trinajstić information content (AvgIpc) is 3.09. The molecule has 2 aromatic rings. The van der Waals surface area contributed by atoms with Gasteiger partial charge in [-0.1, -0.05) is 60.2 Å². The SMILES string of the molecule is C#CCCC1=CC2CCCC(C1)N2C(=O)OCC1c2ccccc2-c2ccccc21. The molecule has 2 bridgehead atoms. The molecule has 5 rings (SSSR count). The van der Waals surface area contributed by atoms with Gasteiger partial charge >= 0.3 is 6.09 Å². The lowest BCUT2D eigenvalue weighted by molar-refractivity contribution is 0.0507. The number of piperidine rings is 1. The van der Waals surface area contributed by atoms with E-state index >= 15 is 0 Å². The molecule has 30 heavy (non-hydrogen) atoms. The molecule has 2 unspecified atom stereocenters. The summed E-state index contributed by atoms with van der Waals surface area (Å²) < 4.78 is 5.96. The zero-order valence-electron chi connectivity index (χ0n) is 17.2. The summed E-state index contributed by atoms with van der Waals surface area (Å²) >= 11 is 0. The Morgan fingerprint density at radius 3 is 2.43 bits per heavy atom. The first kappa shape index (κ1) is 19.0. The zero-order valence-corrected chi connectivity index (χ0v) is 17.2. The number of rotatable bonds is 4. The molecule has 0 spiro atoms. The third kappa shape index (κ3) is 3.31. The number of carbonyl (C=O) groups excluding carboxylic acids is 1. The molecule has 0 radical (unpaired) electrons. The van der Waals surface area contributed by atoms with Gasteiger partial charge in [-0.15, -0.1) is 12.3 Å². The summed E-state index contributed by atoms with van der Waals surface area (Å²) in [6.45, 7) is 0.385. The highest BCUT2D eigenvalue weighted by Crippen LogP contribution is 2.44. The van der Waals surface area contributed by atoms with Crippen molar-refractivity contribution in [1.29, 1.82) is 0 Å². The molecule has 0 N–H and O–H groups in total. The second-order valence-corrected chi connectivity index (χ2v) is 8.60. The Balaban J connectivity index is 1.32. The molecule has 0 aromatic heterocycles. The van der Waals surface area contributed by atoms with Crippen LogP contribution in [0, 0.1) is 12.3 Å².